The molecule has 0 amide bonds. The first kappa shape index (κ1) is 12.9. The van der Waals surface area contributed by atoms with Gasteiger partial charge in [-0.3, -0.25) is 0 Å². The van der Waals surface area contributed by atoms with Gasteiger partial charge in [-0.25, -0.2) is 0 Å². The highest BCUT2D eigenvalue weighted by Crippen LogP contribution is 2.25. The number of hydrogen-bond donors (Lipinski definition) is 1. The molecule has 0 fully saturated rings. The second-order valence-corrected chi connectivity index (χ2v) is 5.38. The van der Waals surface area contributed by atoms with Crippen molar-refractivity contribution in [1.82, 2.24) is 0 Å². The van der Waals surface area contributed by atoms with E-state index in [1.165, 1.54) is 12.8 Å². The third-order valence-electron chi connectivity index (χ3n) is 2.20. The first-order chi connectivity index (χ1) is 7.09. The van der Waals surface area contributed by atoms with Crippen molar-refractivity contribution in [3.63, 3.8) is 0 Å². The average molecular weight is 291 g/mol. The molecule has 0 saturated heterocycles. The van der Waals surface area contributed by atoms with Gasteiger partial charge in [0.1, 0.15) is 0 Å². The lowest BCUT2D eigenvalue weighted by atomic mass is 10.1. The fourth-order valence-corrected chi connectivity index (χ4v) is 2.19. The minimum absolute atomic E-state index is 0.759. The summed E-state index contributed by atoms with van der Waals surface area (Å²) >= 11 is 9.34. The minimum Gasteiger partial charge on any atom is -0.384 e. The fraction of sp³-hybridized carbons (Fsp3) is 0.500. The van der Waals surface area contributed by atoms with E-state index >= 15 is 0 Å². The third-order valence-corrected chi connectivity index (χ3v) is 3.10. The van der Waals surface area contributed by atoms with Crippen molar-refractivity contribution >= 4 is 33.2 Å². The predicted molar refractivity (Wildman–Crippen MR) is 71.7 cm³/mol. The molecule has 0 radical (unpaired) electrons. The number of nitrogens with one attached hydrogen (secondary N) is 1. The topological polar surface area (TPSA) is 12.0 Å². The molecule has 1 nitrogen and oxygen atoms in total. The summed E-state index contributed by atoms with van der Waals surface area (Å²) < 4.78 is 1.03. The van der Waals surface area contributed by atoms with E-state index in [-0.39, 0.29) is 0 Å². The molecule has 0 aromatic heterocycles. The van der Waals surface area contributed by atoms with Gasteiger partial charge in [0.15, 0.2) is 0 Å². The molecule has 1 rings (SSSR count). The van der Waals surface area contributed by atoms with Gasteiger partial charge in [0.05, 0.1) is 0 Å². The molecule has 0 saturated carbocycles. The molecule has 15 heavy (non-hydrogen) atoms. The molecule has 1 aromatic rings. The molecule has 0 spiro atoms. The zero-order valence-electron chi connectivity index (χ0n) is 9.19. The summed E-state index contributed by atoms with van der Waals surface area (Å²) in [6, 6.07) is 5.81. The Morgan fingerprint density at radius 3 is 2.73 bits per heavy atom. The third kappa shape index (κ3) is 4.89. The monoisotopic (exact) mass is 289 g/mol. The summed E-state index contributed by atoms with van der Waals surface area (Å²) in [5.41, 5.74) is 1.11. The van der Waals surface area contributed by atoms with Crippen molar-refractivity contribution in [2.24, 2.45) is 5.92 Å². The number of hydrogen-bond acceptors (Lipinski definition) is 1. The lowest BCUT2D eigenvalue weighted by Gasteiger charge is -2.09. The quantitative estimate of drug-likeness (QED) is 0.757. The maximum Gasteiger partial charge on any atom is 0.0485 e. The summed E-state index contributed by atoms with van der Waals surface area (Å²) in [6.07, 6.45) is 2.46. The Morgan fingerprint density at radius 2 is 2.13 bits per heavy atom. The average Bonchev–Trinajstić information content (AvgIpc) is 2.14. The molecule has 0 unspecified atom stereocenters. The second-order valence-electron chi connectivity index (χ2n) is 4.09. The highest BCUT2D eigenvalue weighted by Gasteiger charge is 2.00. The van der Waals surface area contributed by atoms with E-state index in [1.807, 2.05) is 18.2 Å². The van der Waals surface area contributed by atoms with Crippen LogP contribution >= 0.6 is 27.5 Å². The van der Waals surface area contributed by atoms with Gasteiger partial charge in [-0.05, 0) is 52.9 Å². The van der Waals surface area contributed by atoms with Crippen molar-refractivity contribution in [2.45, 2.75) is 26.7 Å². The van der Waals surface area contributed by atoms with E-state index in [4.69, 9.17) is 11.6 Å². The van der Waals surface area contributed by atoms with Crippen LogP contribution in [0.2, 0.25) is 5.02 Å². The lowest BCUT2D eigenvalue weighted by molar-refractivity contribution is 0.567. The largest absolute Gasteiger partial charge is 0.384 e. The zero-order valence-corrected chi connectivity index (χ0v) is 11.5. The van der Waals surface area contributed by atoms with Crippen LogP contribution in [0.4, 0.5) is 5.69 Å². The van der Waals surface area contributed by atoms with Crippen molar-refractivity contribution in [3.8, 4) is 0 Å². The van der Waals surface area contributed by atoms with Gasteiger partial charge in [0.25, 0.3) is 0 Å². The van der Waals surface area contributed by atoms with Crippen LogP contribution in [0, 0.1) is 5.92 Å². The Kier molecular flexibility index (Phi) is 5.48. The molecule has 0 aliphatic rings. The van der Waals surface area contributed by atoms with Gasteiger partial charge in [0.2, 0.25) is 0 Å². The second kappa shape index (κ2) is 6.39. The van der Waals surface area contributed by atoms with E-state index in [2.05, 4.69) is 35.1 Å². The number of rotatable bonds is 5. The van der Waals surface area contributed by atoms with E-state index in [9.17, 15) is 0 Å². The fourth-order valence-electron chi connectivity index (χ4n) is 1.37. The van der Waals surface area contributed by atoms with Crippen LogP contribution in [-0.2, 0) is 0 Å². The molecular formula is C12H17BrClN. The first-order valence-electron chi connectivity index (χ1n) is 5.28. The van der Waals surface area contributed by atoms with Gasteiger partial charge >= 0.3 is 0 Å². The maximum atomic E-state index is 5.86. The lowest BCUT2D eigenvalue weighted by Crippen LogP contribution is -2.03. The summed E-state index contributed by atoms with van der Waals surface area (Å²) in [5, 5.41) is 4.15. The summed E-state index contributed by atoms with van der Waals surface area (Å²) in [5.74, 6) is 0.778. The number of anilines is 1. The van der Waals surface area contributed by atoms with Crippen molar-refractivity contribution in [2.75, 3.05) is 11.9 Å². The Balaban J connectivity index is 2.37. The SMILES string of the molecule is CC(C)CCCNc1ccc(Cl)cc1Br. The number of benzene rings is 1. The van der Waals surface area contributed by atoms with Gasteiger partial charge < -0.3 is 5.32 Å². The zero-order chi connectivity index (χ0) is 11.3. The molecule has 1 aromatic carbocycles. The van der Waals surface area contributed by atoms with E-state index < -0.39 is 0 Å². The van der Waals surface area contributed by atoms with Crippen LogP contribution in [-0.4, -0.2) is 6.54 Å². The molecule has 1 N–H and O–H groups in total. The van der Waals surface area contributed by atoms with Crippen LogP contribution in [0.3, 0.4) is 0 Å². The van der Waals surface area contributed by atoms with Gasteiger partial charge in [-0.15, -0.1) is 0 Å². The van der Waals surface area contributed by atoms with Gasteiger partial charge in [0, 0.05) is 21.7 Å². The van der Waals surface area contributed by atoms with Crippen LogP contribution in [0.5, 0.6) is 0 Å². The summed E-state index contributed by atoms with van der Waals surface area (Å²) in [4.78, 5) is 0. The highest BCUT2D eigenvalue weighted by molar-refractivity contribution is 9.10. The smallest absolute Gasteiger partial charge is 0.0485 e. The van der Waals surface area contributed by atoms with Crippen LogP contribution < -0.4 is 5.32 Å². The highest BCUT2D eigenvalue weighted by atomic mass is 79.9. The van der Waals surface area contributed by atoms with Crippen molar-refractivity contribution in [3.05, 3.63) is 27.7 Å². The standard InChI is InChI=1S/C12H17BrClN/c1-9(2)4-3-7-15-12-6-5-10(14)8-11(12)13/h5-6,8-9,15H,3-4,7H2,1-2H3. The Labute approximate surface area is 105 Å². The maximum absolute atomic E-state index is 5.86. The molecule has 3 heteroatoms. The molecule has 0 heterocycles. The summed E-state index contributed by atoms with van der Waals surface area (Å²) in [6.45, 7) is 5.51. The molecular weight excluding hydrogens is 273 g/mol. The van der Waals surface area contributed by atoms with Crippen LogP contribution in [0.25, 0.3) is 0 Å². The van der Waals surface area contributed by atoms with E-state index in [0.29, 0.717) is 0 Å². The van der Waals surface area contributed by atoms with Gasteiger partial charge in [-0.1, -0.05) is 25.4 Å². The van der Waals surface area contributed by atoms with Crippen LogP contribution in [0.15, 0.2) is 22.7 Å². The molecule has 0 bridgehead atoms. The van der Waals surface area contributed by atoms with Crippen molar-refractivity contribution < 1.29 is 0 Å². The Hall–Kier alpha value is -0.210. The minimum atomic E-state index is 0.759. The first-order valence-corrected chi connectivity index (χ1v) is 6.45. The number of halogens is 2. The van der Waals surface area contributed by atoms with Crippen LogP contribution in [0.1, 0.15) is 26.7 Å². The molecule has 0 aliphatic carbocycles. The Bertz CT molecular complexity index is 312. The van der Waals surface area contributed by atoms with Crippen molar-refractivity contribution in [1.29, 1.82) is 0 Å². The molecule has 0 atom stereocenters. The van der Waals surface area contributed by atoms with E-state index in [1.54, 1.807) is 0 Å². The normalized spacial score (nSPS) is 10.7. The van der Waals surface area contributed by atoms with E-state index in [0.717, 1.165) is 27.6 Å². The molecule has 84 valence electrons. The molecule has 0 aliphatic heterocycles. The predicted octanol–water partition coefficient (Wildman–Crippen LogP) is 4.95. The Morgan fingerprint density at radius 1 is 1.40 bits per heavy atom. The van der Waals surface area contributed by atoms with Gasteiger partial charge in [-0.2, -0.15) is 0 Å². The summed E-state index contributed by atoms with van der Waals surface area (Å²) in [7, 11) is 0.